The summed E-state index contributed by atoms with van der Waals surface area (Å²) < 4.78 is 0. The summed E-state index contributed by atoms with van der Waals surface area (Å²) in [7, 11) is 2.04. The topological polar surface area (TPSA) is 45.2 Å². The Hall–Kier alpha value is -2.36. The minimum atomic E-state index is 0.0807. The highest BCUT2D eigenvalue weighted by molar-refractivity contribution is 5.76. The Morgan fingerprint density at radius 3 is 2.68 bits per heavy atom. The average molecular weight is 297 g/mol. The number of nitrogens with one attached hydrogen (secondary N) is 1. The first-order valence-electron chi connectivity index (χ1n) is 7.60. The van der Waals surface area contributed by atoms with Gasteiger partial charge in [0.25, 0.3) is 0 Å². The van der Waals surface area contributed by atoms with E-state index in [-0.39, 0.29) is 11.9 Å². The molecular formula is C18H23N3O. The van der Waals surface area contributed by atoms with Crippen molar-refractivity contribution < 1.29 is 4.79 Å². The number of hydrogen-bond donors (Lipinski definition) is 1. The molecule has 22 heavy (non-hydrogen) atoms. The molecule has 4 nitrogen and oxygen atoms in total. The quantitative estimate of drug-likeness (QED) is 0.854. The van der Waals surface area contributed by atoms with Crippen molar-refractivity contribution >= 4 is 11.6 Å². The number of hydrogen-bond acceptors (Lipinski definition) is 3. The average Bonchev–Trinajstić information content (AvgIpc) is 2.58. The van der Waals surface area contributed by atoms with Crippen LogP contribution >= 0.6 is 0 Å². The van der Waals surface area contributed by atoms with Crippen LogP contribution in [0.5, 0.6) is 0 Å². The molecule has 0 aliphatic carbocycles. The van der Waals surface area contributed by atoms with E-state index in [2.05, 4.69) is 34.3 Å². The number of anilines is 1. The molecule has 0 spiro atoms. The Bertz CT molecular complexity index is 571. The third-order valence-corrected chi connectivity index (χ3v) is 3.78. The molecule has 0 saturated carbocycles. The van der Waals surface area contributed by atoms with Gasteiger partial charge in [-0.3, -0.25) is 9.78 Å². The van der Waals surface area contributed by atoms with E-state index in [1.165, 1.54) is 0 Å². The molecule has 0 aliphatic heterocycles. The van der Waals surface area contributed by atoms with Crippen molar-refractivity contribution in [1.82, 2.24) is 10.3 Å². The molecule has 0 bridgehead atoms. The van der Waals surface area contributed by atoms with Crippen LogP contribution in [-0.2, 0) is 11.2 Å². The van der Waals surface area contributed by atoms with Crippen molar-refractivity contribution in [2.45, 2.75) is 25.8 Å². The fourth-order valence-electron chi connectivity index (χ4n) is 2.21. The molecule has 0 radical (unpaired) electrons. The maximum atomic E-state index is 11.9. The smallest absolute Gasteiger partial charge is 0.220 e. The molecule has 1 N–H and O–H groups in total. The summed E-state index contributed by atoms with van der Waals surface area (Å²) in [6.45, 7) is 2.74. The number of benzene rings is 1. The number of aryl methyl sites for hydroxylation is 1. The van der Waals surface area contributed by atoms with Crippen LogP contribution in [-0.4, -0.2) is 30.5 Å². The Kier molecular flexibility index (Phi) is 5.95. The third-order valence-electron chi connectivity index (χ3n) is 3.78. The van der Waals surface area contributed by atoms with Gasteiger partial charge in [0.05, 0.1) is 0 Å². The van der Waals surface area contributed by atoms with E-state index in [0.29, 0.717) is 13.0 Å². The predicted octanol–water partition coefficient (Wildman–Crippen LogP) is 2.66. The van der Waals surface area contributed by atoms with Crippen LogP contribution < -0.4 is 10.2 Å². The van der Waals surface area contributed by atoms with E-state index >= 15 is 0 Å². The van der Waals surface area contributed by atoms with Gasteiger partial charge < -0.3 is 10.2 Å². The van der Waals surface area contributed by atoms with Gasteiger partial charge in [-0.05, 0) is 37.1 Å². The predicted molar refractivity (Wildman–Crippen MR) is 89.9 cm³/mol. The second-order valence-electron chi connectivity index (χ2n) is 5.46. The zero-order valence-corrected chi connectivity index (χ0v) is 13.2. The van der Waals surface area contributed by atoms with Crippen molar-refractivity contribution in [3.63, 3.8) is 0 Å². The van der Waals surface area contributed by atoms with Gasteiger partial charge >= 0.3 is 0 Å². The van der Waals surface area contributed by atoms with Crippen LogP contribution in [0.15, 0.2) is 54.9 Å². The van der Waals surface area contributed by atoms with Crippen LogP contribution in [0.4, 0.5) is 5.69 Å². The molecular weight excluding hydrogens is 274 g/mol. The maximum absolute atomic E-state index is 11.9. The van der Waals surface area contributed by atoms with Crippen LogP contribution in [0.25, 0.3) is 0 Å². The molecule has 1 atom stereocenters. The number of amides is 1. The second-order valence-corrected chi connectivity index (χ2v) is 5.46. The molecule has 2 aromatic rings. The fraction of sp³-hybridized carbons (Fsp3) is 0.333. The number of aromatic nitrogens is 1. The van der Waals surface area contributed by atoms with Crippen molar-refractivity contribution in [1.29, 1.82) is 0 Å². The third kappa shape index (κ3) is 4.88. The highest BCUT2D eigenvalue weighted by Gasteiger charge is 2.11. The summed E-state index contributed by atoms with van der Waals surface area (Å²) in [5.74, 6) is 0.0807. The molecule has 1 aromatic heterocycles. The van der Waals surface area contributed by atoms with Gasteiger partial charge in [0.2, 0.25) is 5.91 Å². The first kappa shape index (κ1) is 16.0. The highest BCUT2D eigenvalue weighted by atomic mass is 16.1. The van der Waals surface area contributed by atoms with E-state index in [1.807, 2.05) is 37.4 Å². The lowest BCUT2D eigenvalue weighted by molar-refractivity contribution is -0.121. The Balaban J connectivity index is 1.74. The first-order chi connectivity index (χ1) is 10.7. The van der Waals surface area contributed by atoms with E-state index in [4.69, 9.17) is 0 Å². The summed E-state index contributed by atoms with van der Waals surface area (Å²) in [6, 6.07) is 14.3. The monoisotopic (exact) mass is 297 g/mol. The molecule has 0 aliphatic rings. The highest BCUT2D eigenvalue weighted by Crippen LogP contribution is 2.13. The van der Waals surface area contributed by atoms with Gasteiger partial charge in [0.1, 0.15) is 0 Å². The first-order valence-corrected chi connectivity index (χ1v) is 7.60. The molecule has 0 fully saturated rings. The molecule has 0 unspecified atom stereocenters. The lowest BCUT2D eigenvalue weighted by atomic mass is 10.1. The minimum absolute atomic E-state index is 0.0807. The molecule has 116 valence electrons. The van der Waals surface area contributed by atoms with E-state index in [0.717, 1.165) is 17.7 Å². The molecule has 0 saturated heterocycles. The number of rotatable bonds is 7. The summed E-state index contributed by atoms with van der Waals surface area (Å²) in [4.78, 5) is 18.2. The van der Waals surface area contributed by atoms with Gasteiger partial charge in [-0.1, -0.05) is 24.3 Å². The maximum Gasteiger partial charge on any atom is 0.220 e. The molecule has 2 rings (SSSR count). The zero-order chi connectivity index (χ0) is 15.8. The van der Waals surface area contributed by atoms with Gasteiger partial charge in [0.15, 0.2) is 0 Å². The van der Waals surface area contributed by atoms with Crippen LogP contribution in [0.2, 0.25) is 0 Å². The molecule has 1 heterocycles. The lowest BCUT2D eigenvalue weighted by Gasteiger charge is -2.27. The van der Waals surface area contributed by atoms with Gasteiger partial charge in [0, 0.05) is 44.1 Å². The van der Waals surface area contributed by atoms with Gasteiger partial charge in [-0.15, -0.1) is 0 Å². The summed E-state index contributed by atoms with van der Waals surface area (Å²) in [5, 5.41) is 3.00. The number of nitrogens with zero attached hydrogens (tertiary/aromatic N) is 2. The molecule has 4 heteroatoms. The normalized spacial score (nSPS) is 11.7. The minimum Gasteiger partial charge on any atom is -0.370 e. The molecule has 1 aromatic carbocycles. The van der Waals surface area contributed by atoms with Crippen molar-refractivity contribution in [3.05, 3.63) is 60.4 Å². The number of carbonyl (C=O) groups is 1. The van der Waals surface area contributed by atoms with Crippen molar-refractivity contribution in [2.75, 3.05) is 18.5 Å². The Morgan fingerprint density at radius 1 is 1.23 bits per heavy atom. The number of carbonyl (C=O) groups excluding carboxylic acids is 1. The van der Waals surface area contributed by atoms with Crippen LogP contribution in [0.3, 0.4) is 0 Å². The van der Waals surface area contributed by atoms with Crippen LogP contribution in [0, 0.1) is 0 Å². The Labute approximate surface area is 132 Å². The van der Waals surface area contributed by atoms with Gasteiger partial charge in [-0.2, -0.15) is 0 Å². The summed E-state index contributed by atoms with van der Waals surface area (Å²) in [6.07, 6.45) is 4.76. The van der Waals surface area contributed by atoms with Crippen LogP contribution in [0.1, 0.15) is 18.9 Å². The summed E-state index contributed by atoms with van der Waals surface area (Å²) in [5.41, 5.74) is 2.24. The summed E-state index contributed by atoms with van der Waals surface area (Å²) >= 11 is 0. The number of para-hydroxylation sites is 1. The Morgan fingerprint density at radius 2 is 2.00 bits per heavy atom. The fourth-order valence-corrected chi connectivity index (χ4v) is 2.21. The van der Waals surface area contributed by atoms with E-state index in [1.54, 1.807) is 12.4 Å². The standard InChI is InChI=1S/C18H23N3O/c1-15(21(2)17-8-4-3-5-9-17)13-20-18(22)11-10-16-7-6-12-19-14-16/h3-9,12,14-15H,10-11,13H2,1-2H3,(H,20,22)/t15-/m0/s1. The zero-order valence-electron chi connectivity index (χ0n) is 13.2. The number of likely N-dealkylation sites (N-methyl/N-ethyl adjacent to an activating group) is 1. The second kappa shape index (κ2) is 8.17. The van der Waals surface area contributed by atoms with Crippen molar-refractivity contribution in [2.24, 2.45) is 0 Å². The molecule has 1 amide bonds. The van der Waals surface area contributed by atoms with E-state index in [9.17, 15) is 4.79 Å². The van der Waals surface area contributed by atoms with Crippen molar-refractivity contribution in [3.8, 4) is 0 Å². The number of pyridine rings is 1. The van der Waals surface area contributed by atoms with E-state index < -0.39 is 0 Å². The largest absolute Gasteiger partial charge is 0.370 e. The van der Waals surface area contributed by atoms with Gasteiger partial charge in [-0.25, -0.2) is 0 Å². The SMILES string of the molecule is C[C@@H](CNC(=O)CCc1cccnc1)N(C)c1ccccc1. The lowest BCUT2D eigenvalue weighted by Crippen LogP contribution is -2.40.